The quantitative estimate of drug-likeness (QED) is 0.377. The molecule has 3 aromatic heterocycles. The van der Waals surface area contributed by atoms with Gasteiger partial charge in [0.05, 0.1) is 36.5 Å². The smallest absolute Gasteiger partial charge is 0.337 e. The molecule has 0 radical (unpaired) electrons. The first-order valence-corrected chi connectivity index (χ1v) is 11.3. The maximum atomic E-state index is 13.6. The minimum Gasteiger partial charge on any atom is -0.467 e. The number of aromatic nitrogens is 4. The molecule has 2 aromatic carbocycles. The predicted octanol–water partition coefficient (Wildman–Crippen LogP) is 4.03. The van der Waals surface area contributed by atoms with Crippen molar-refractivity contribution in [1.82, 2.24) is 18.7 Å². The van der Waals surface area contributed by atoms with Crippen LogP contribution in [0, 0.1) is 11.3 Å². The van der Waals surface area contributed by atoms with Gasteiger partial charge in [0, 0.05) is 6.54 Å². The summed E-state index contributed by atoms with van der Waals surface area (Å²) in [6.45, 7) is 4.53. The van der Waals surface area contributed by atoms with E-state index in [0.717, 1.165) is 11.1 Å². The summed E-state index contributed by atoms with van der Waals surface area (Å²) in [4.78, 5) is 31.7. The summed E-state index contributed by atoms with van der Waals surface area (Å²) in [7, 11) is 0. The average Bonchev–Trinajstić information content (AvgIpc) is 3.53. The van der Waals surface area contributed by atoms with Crippen LogP contribution in [0.1, 0.15) is 42.2 Å². The molecule has 3 heterocycles. The van der Waals surface area contributed by atoms with E-state index in [0.29, 0.717) is 35.0 Å². The van der Waals surface area contributed by atoms with Crippen LogP contribution < -0.4 is 11.2 Å². The van der Waals surface area contributed by atoms with Crippen molar-refractivity contribution in [2.75, 3.05) is 0 Å². The molecule has 0 unspecified atom stereocenters. The number of furan rings is 1. The van der Waals surface area contributed by atoms with Crippen molar-refractivity contribution in [2.24, 2.45) is 0 Å². The summed E-state index contributed by atoms with van der Waals surface area (Å²) in [5.41, 5.74) is 2.78. The third-order valence-electron chi connectivity index (χ3n) is 6.02. The van der Waals surface area contributed by atoms with Crippen molar-refractivity contribution in [1.29, 1.82) is 5.26 Å². The van der Waals surface area contributed by atoms with Gasteiger partial charge in [0.25, 0.3) is 5.56 Å². The van der Waals surface area contributed by atoms with E-state index in [2.05, 4.69) is 24.9 Å². The molecule has 0 aliphatic rings. The minimum absolute atomic E-state index is 0.000216. The van der Waals surface area contributed by atoms with Crippen LogP contribution in [0.4, 0.5) is 0 Å². The number of nitriles is 1. The number of nitrogens with zero attached hydrogens (tertiary/aromatic N) is 5. The van der Waals surface area contributed by atoms with Gasteiger partial charge in [-0.25, -0.2) is 14.3 Å². The van der Waals surface area contributed by atoms with Crippen molar-refractivity contribution >= 4 is 11.2 Å². The highest BCUT2D eigenvalue weighted by Crippen LogP contribution is 2.19. The molecule has 0 N–H and O–H groups in total. The molecule has 5 aromatic rings. The molecule has 174 valence electrons. The van der Waals surface area contributed by atoms with Crippen LogP contribution in [0.3, 0.4) is 0 Å². The lowest BCUT2D eigenvalue weighted by molar-refractivity contribution is 0.482. The Kier molecular flexibility index (Phi) is 5.67. The Morgan fingerprint density at radius 1 is 1.03 bits per heavy atom. The van der Waals surface area contributed by atoms with E-state index < -0.39 is 11.2 Å². The zero-order chi connectivity index (χ0) is 24.5. The lowest BCUT2D eigenvalue weighted by Crippen LogP contribution is -2.40. The Morgan fingerprint density at radius 3 is 2.51 bits per heavy atom. The Labute approximate surface area is 200 Å². The van der Waals surface area contributed by atoms with E-state index in [1.165, 1.54) is 15.4 Å². The zero-order valence-corrected chi connectivity index (χ0v) is 19.4. The highest BCUT2D eigenvalue weighted by molar-refractivity contribution is 5.72. The molecule has 5 rings (SSSR count). The van der Waals surface area contributed by atoms with Gasteiger partial charge in [-0.1, -0.05) is 38.1 Å². The predicted molar refractivity (Wildman–Crippen MR) is 132 cm³/mol. The second-order valence-corrected chi connectivity index (χ2v) is 8.69. The van der Waals surface area contributed by atoms with Crippen LogP contribution in [-0.2, 0) is 13.1 Å². The lowest BCUT2D eigenvalue weighted by Gasteiger charge is -2.13. The van der Waals surface area contributed by atoms with Gasteiger partial charge in [0.15, 0.2) is 11.2 Å². The topological polar surface area (TPSA) is 98.8 Å². The SMILES string of the molecule is CC(C)c1ccc(-n2c(=O)n(Cc3ccco3)c(=O)c3c2ncn3Cc2cccc(C#N)c2)cc1. The molecule has 8 heteroatoms. The van der Waals surface area contributed by atoms with Gasteiger partial charge in [-0.05, 0) is 53.4 Å². The first-order chi connectivity index (χ1) is 17.0. The summed E-state index contributed by atoms with van der Waals surface area (Å²) in [6.07, 6.45) is 3.06. The van der Waals surface area contributed by atoms with E-state index in [1.54, 1.807) is 41.2 Å². The second-order valence-electron chi connectivity index (χ2n) is 8.69. The minimum atomic E-state index is -0.493. The number of imidazole rings is 1. The molecule has 0 saturated carbocycles. The van der Waals surface area contributed by atoms with Crippen LogP contribution in [0.15, 0.2) is 87.3 Å². The highest BCUT2D eigenvalue weighted by atomic mass is 16.3. The number of hydrogen-bond donors (Lipinski definition) is 0. The molecule has 35 heavy (non-hydrogen) atoms. The second kappa shape index (κ2) is 8.95. The fourth-order valence-corrected chi connectivity index (χ4v) is 4.17. The maximum absolute atomic E-state index is 13.6. The Bertz CT molecular complexity index is 1660. The van der Waals surface area contributed by atoms with Crippen LogP contribution in [-0.4, -0.2) is 18.7 Å². The third-order valence-corrected chi connectivity index (χ3v) is 6.02. The van der Waals surface area contributed by atoms with Crippen molar-refractivity contribution < 1.29 is 4.42 Å². The summed E-state index contributed by atoms with van der Waals surface area (Å²) in [5, 5.41) is 9.24. The standard InChI is InChI=1S/C27H23N5O3/c1-18(2)21-8-10-22(11-9-21)32-25-24(26(33)31(27(32)34)16-23-7-4-12-35-23)30(17-29-25)15-20-6-3-5-19(13-20)14-28/h3-13,17-18H,15-16H2,1-2H3. The van der Waals surface area contributed by atoms with Gasteiger partial charge in [0.1, 0.15) is 5.76 Å². The highest BCUT2D eigenvalue weighted by Gasteiger charge is 2.20. The molecule has 0 spiro atoms. The summed E-state index contributed by atoms with van der Waals surface area (Å²) in [5.74, 6) is 0.843. The van der Waals surface area contributed by atoms with Crippen molar-refractivity contribution in [3.8, 4) is 11.8 Å². The van der Waals surface area contributed by atoms with Crippen molar-refractivity contribution in [3.05, 3.63) is 117 Å². The lowest BCUT2D eigenvalue weighted by atomic mass is 10.0. The average molecular weight is 466 g/mol. The molecule has 0 saturated heterocycles. The van der Waals surface area contributed by atoms with Crippen molar-refractivity contribution in [2.45, 2.75) is 32.9 Å². The Balaban J connectivity index is 1.73. The Morgan fingerprint density at radius 2 is 1.83 bits per heavy atom. The zero-order valence-electron chi connectivity index (χ0n) is 19.4. The summed E-state index contributed by atoms with van der Waals surface area (Å²) >= 11 is 0. The number of fused-ring (bicyclic) bond motifs is 1. The van der Waals surface area contributed by atoms with Gasteiger partial charge in [0.2, 0.25) is 0 Å². The molecular weight excluding hydrogens is 442 g/mol. The third kappa shape index (κ3) is 4.08. The van der Waals surface area contributed by atoms with Gasteiger partial charge >= 0.3 is 5.69 Å². The molecule has 0 atom stereocenters. The van der Waals surface area contributed by atoms with E-state index in [9.17, 15) is 14.9 Å². The normalized spacial score (nSPS) is 11.3. The number of hydrogen-bond acceptors (Lipinski definition) is 5. The first-order valence-electron chi connectivity index (χ1n) is 11.3. The van der Waals surface area contributed by atoms with Crippen molar-refractivity contribution in [3.63, 3.8) is 0 Å². The summed E-state index contributed by atoms with van der Waals surface area (Å²) < 4.78 is 9.76. The van der Waals surface area contributed by atoms with E-state index in [1.807, 2.05) is 30.3 Å². The van der Waals surface area contributed by atoms with E-state index in [4.69, 9.17) is 4.42 Å². The molecule has 0 aliphatic heterocycles. The fourth-order valence-electron chi connectivity index (χ4n) is 4.17. The van der Waals surface area contributed by atoms with Gasteiger partial charge in [-0.3, -0.25) is 9.36 Å². The van der Waals surface area contributed by atoms with Gasteiger partial charge in [-0.2, -0.15) is 5.26 Å². The fraction of sp³-hybridized carbons (Fsp3) is 0.185. The molecule has 0 fully saturated rings. The van der Waals surface area contributed by atoms with E-state index in [-0.39, 0.29) is 12.2 Å². The van der Waals surface area contributed by atoms with Crippen LogP contribution in [0.25, 0.3) is 16.9 Å². The van der Waals surface area contributed by atoms with Crippen LogP contribution in [0.2, 0.25) is 0 Å². The number of benzene rings is 2. The van der Waals surface area contributed by atoms with E-state index >= 15 is 0 Å². The molecular formula is C27H23N5O3. The largest absolute Gasteiger partial charge is 0.467 e. The Hall–Kier alpha value is -4.64. The van der Waals surface area contributed by atoms with Gasteiger partial charge in [-0.15, -0.1) is 0 Å². The molecule has 0 aliphatic carbocycles. The monoisotopic (exact) mass is 465 g/mol. The van der Waals surface area contributed by atoms with Gasteiger partial charge < -0.3 is 8.98 Å². The first kappa shape index (κ1) is 22.2. The number of rotatable bonds is 6. The molecule has 8 nitrogen and oxygen atoms in total. The molecule has 0 bridgehead atoms. The molecule has 0 amide bonds. The van der Waals surface area contributed by atoms with Crippen LogP contribution in [0.5, 0.6) is 0 Å². The maximum Gasteiger partial charge on any atom is 0.337 e. The summed E-state index contributed by atoms with van der Waals surface area (Å²) in [6, 6.07) is 20.4. The van der Waals surface area contributed by atoms with Crippen LogP contribution >= 0.6 is 0 Å².